The van der Waals surface area contributed by atoms with Gasteiger partial charge in [0.25, 0.3) is 0 Å². The highest BCUT2D eigenvalue weighted by Crippen LogP contribution is 2.49. The molecule has 4 nitrogen and oxygen atoms in total. The van der Waals surface area contributed by atoms with Gasteiger partial charge in [0.05, 0.1) is 6.61 Å². The zero-order valence-corrected chi connectivity index (χ0v) is 19.2. The molecule has 0 N–H and O–H groups in total. The molecule has 1 unspecified atom stereocenters. The zero-order valence-electron chi connectivity index (χ0n) is 19.2. The molecule has 0 aliphatic carbocycles. The number of rotatable bonds is 7. The second-order valence-electron chi connectivity index (χ2n) is 8.19. The molecule has 1 aliphatic heterocycles. The fourth-order valence-electron chi connectivity index (χ4n) is 4.82. The van der Waals surface area contributed by atoms with Crippen molar-refractivity contribution in [2.45, 2.75) is 26.2 Å². The number of para-hydroxylation sites is 2. The van der Waals surface area contributed by atoms with E-state index >= 15 is 0 Å². The monoisotopic (exact) mass is 435 g/mol. The molecule has 3 aromatic carbocycles. The predicted octanol–water partition coefficient (Wildman–Crippen LogP) is 6.50. The molecule has 1 aromatic heterocycles. The molecule has 0 spiro atoms. The first-order chi connectivity index (χ1) is 16.3. The van der Waals surface area contributed by atoms with Gasteiger partial charge < -0.3 is 14.5 Å². The molecule has 166 valence electrons. The first kappa shape index (κ1) is 21.2. The minimum Gasteiger partial charge on any atom is -0.372 e. The summed E-state index contributed by atoms with van der Waals surface area (Å²) in [6.07, 6.45) is 3.80. The van der Waals surface area contributed by atoms with Crippen molar-refractivity contribution in [3.8, 4) is 0 Å². The van der Waals surface area contributed by atoms with Gasteiger partial charge in [-0.3, -0.25) is 4.98 Å². The Morgan fingerprint density at radius 2 is 1.36 bits per heavy atom. The van der Waals surface area contributed by atoms with Crippen LogP contribution in [0, 0.1) is 0 Å². The lowest BCUT2D eigenvalue weighted by molar-refractivity contribution is 0.0000280. The molecular weight excluding hydrogens is 406 g/mol. The van der Waals surface area contributed by atoms with E-state index in [0.29, 0.717) is 6.61 Å². The fraction of sp³-hybridized carbons (Fsp3) is 0.207. The van der Waals surface area contributed by atoms with Crippen LogP contribution < -0.4 is 9.80 Å². The lowest BCUT2D eigenvalue weighted by Crippen LogP contribution is -2.44. The highest BCUT2D eigenvalue weighted by atomic mass is 16.5. The van der Waals surface area contributed by atoms with Gasteiger partial charge in [-0.15, -0.1) is 0 Å². The van der Waals surface area contributed by atoms with Gasteiger partial charge >= 0.3 is 0 Å². The molecule has 0 saturated heterocycles. The van der Waals surface area contributed by atoms with E-state index in [4.69, 9.17) is 4.74 Å². The van der Waals surface area contributed by atoms with Crippen LogP contribution in [0.4, 0.5) is 17.1 Å². The number of pyridine rings is 1. The van der Waals surface area contributed by atoms with Gasteiger partial charge in [-0.1, -0.05) is 48.5 Å². The van der Waals surface area contributed by atoms with Crippen LogP contribution >= 0.6 is 0 Å². The fourth-order valence-corrected chi connectivity index (χ4v) is 4.82. The summed E-state index contributed by atoms with van der Waals surface area (Å²) in [6, 6.07) is 31.8. The lowest BCUT2D eigenvalue weighted by atomic mass is 9.91. The van der Waals surface area contributed by atoms with E-state index in [1.165, 1.54) is 5.69 Å². The minimum atomic E-state index is -0.825. The van der Waals surface area contributed by atoms with E-state index in [0.717, 1.165) is 41.2 Å². The quantitative estimate of drug-likeness (QED) is 0.331. The van der Waals surface area contributed by atoms with E-state index in [9.17, 15) is 0 Å². The third kappa shape index (κ3) is 3.66. The second kappa shape index (κ2) is 9.08. The van der Waals surface area contributed by atoms with Crippen LogP contribution in [-0.2, 0) is 17.1 Å². The maximum atomic E-state index is 6.79. The number of hydrogen-bond donors (Lipinski definition) is 0. The maximum Gasteiger partial charge on any atom is 0.200 e. The Hall–Kier alpha value is -3.63. The number of anilines is 3. The molecule has 4 heteroatoms. The molecule has 0 bridgehead atoms. The SMILES string of the molecule is CCN(CC)c1ccc(C2(N(c3ccccc3)c3ccccc3)OCc3ccncc32)cc1. The predicted molar refractivity (Wildman–Crippen MR) is 135 cm³/mol. The summed E-state index contributed by atoms with van der Waals surface area (Å²) in [5.74, 6) is 0. The number of fused-ring (bicyclic) bond motifs is 1. The van der Waals surface area contributed by atoms with Crippen molar-refractivity contribution in [1.29, 1.82) is 0 Å². The van der Waals surface area contributed by atoms with E-state index in [1.54, 1.807) is 0 Å². The minimum absolute atomic E-state index is 0.534. The Bertz CT molecular complexity index is 1150. The van der Waals surface area contributed by atoms with Gasteiger partial charge in [0.2, 0.25) is 0 Å². The molecule has 1 atom stereocenters. The molecule has 0 saturated carbocycles. The average molecular weight is 436 g/mol. The summed E-state index contributed by atoms with van der Waals surface area (Å²) in [5.41, 5.74) is 5.84. The highest BCUT2D eigenvalue weighted by Gasteiger charge is 2.48. The number of ether oxygens (including phenoxy) is 1. The van der Waals surface area contributed by atoms with Gasteiger partial charge in [0, 0.05) is 53.7 Å². The summed E-state index contributed by atoms with van der Waals surface area (Å²) in [6.45, 7) is 6.86. The van der Waals surface area contributed by atoms with Gasteiger partial charge in [0.15, 0.2) is 5.72 Å². The van der Waals surface area contributed by atoms with Crippen LogP contribution in [0.3, 0.4) is 0 Å². The third-order valence-corrected chi connectivity index (χ3v) is 6.44. The topological polar surface area (TPSA) is 28.6 Å². The van der Waals surface area contributed by atoms with Crippen molar-refractivity contribution >= 4 is 17.1 Å². The van der Waals surface area contributed by atoms with Crippen LogP contribution in [-0.4, -0.2) is 18.1 Å². The first-order valence-electron chi connectivity index (χ1n) is 11.6. The normalized spacial score (nSPS) is 16.9. The van der Waals surface area contributed by atoms with Gasteiger partial charge in [-0.2, -0.15) is 0 Å². The number of benzene rings is 3. The number of aromatic nitrogens is 1. The van der Waals surface area contributed by atoms with E-state index in [-0.39, 0.29) is 0 Å². The molecular formula is C29H29N3O. The Labute approximate surface area is 196 Å². The van der Waals surface area contributed by atoms with Crippen molar-refractivity contribution in [3.05, 3.63) is 120 Å². The van der Waals surface area contributed by atoms with Crippen LogP contribution in [0.25, 0.3) is 0 Å². The standard InChI is InChI=1S/C29H29N3O/c1-3-31(4-2)25-17-15-24(16-18-25)29(28-21-30-20-19-23(28)22-33-29)32(26-11-7-5-8-12-26)27-13-9-6-10-14-27/h5-21H,3-4,22H2,1-2H3. The van der Waals surface area contributed by atoms with E-state index < -0.39 is 5.72 Å². The third-order valence-electron chi connectivity index (χ3n) is 6.44. The van der Waals surface area contributed by atoms with Crippen LogP contribution in [0.1, 0.15) is 30.5 Å². The van der Waals surface area contributed by atoms with Crippen molar-refractivity contribution in [1.82, 2.24) is 4.98 Å². The second-order valence-corrected chi connectivity index (χ2v) is 8.19. The Balaban J connectivity index is 1.75. The maximum absolute atomic E-state index is 6.79. The molecule has 2 heterocycles. The summed E-state index contributed by atoms with van der Waals surface area (Å²) < 4.78 is 6.79. The Morgan fingerprint density at radius 3 is 1.94 bits per heavy atom. The van der Waals surface area contributed by atoms with Crippen LogP contribution in [0.5, 0.6) is 0 Å². The molecule has 1 aliphatic rings. The largest absolute Gasteiger partial charge is 0.372 e. The molecule has 0 radical (unpaired) electrons. The Kier molecular flexibility index (Phi) is 5.84. The van der Waals surface area contributed by atoms with Gasteiger partial charge in [-0.25, -0.2) is 0 Å². The average Bonchev–Trinajstić information content (AvgIpc) is 3.27. The van der Waals surface area contributed by atoms with Gasteiger partial charge in [0.1, 0.15) is 0 Å². The highest BCUT2D eigenvalue weighted by molar-refractivity contribution is 5.70. The summed E-state index contributed by atoms with van der Waals surface area (Å²) in [4.78, 5) is 9.16. The molecule has 5 rings (SSSR count). The van der Waals surface area contributed by atoms with Crippen molar-refractivity contribution in [2.24, 2.45) is 0 Å². The Morgan fingerprint density at radius 1 is 0.758 bits per heavy atom. The molecule has 0 fully saturated rings. The lowest BCUT2D eigenvalue weighted by Gasteiger charge is -2.43. The summed E-state index contributed by atoms with van der Waals surface area (Å²) in [7, 11) is 0. The molecule has 33 heavy (non-hydrogen) atoms. The van der Waals surface area contributed by atoms with E-state index in [2.05, 4.69) is 107 Å². The van der Waals surface area contributed by atoms with Crippen molar-refractivity contribution < 1.29 is 4.74 Å². The summed E-state index contributed by atoms with van der Waals surface area (Å²) >= 11 is 0. The van der Waals surface area contributed by atoms with Gasteiger partial charge in [-0.05, 0) is 61.9 Å². The summed E-state index contributed by atoms with van der Waals surface area (Å²) in [5, 5.41) is 0. The molecule has 0 amide bonds. The molecule has 4 aromatic rings. The number of nitrogens with zero attached hydrogens (tertiary/aromatic N) is 3. The zero-order chi connectivity index (χ0) is 22.7. The van der Waals surface area contributed by atoms with Crippen molar-refractivity contribution in [3.63, 3.8) is 0 Å². The van der Waals surface area contributed by atoms with Crippen LogP contribution in [0.2, 0.25) is 0 Å². The van der Waals surface area contributed by atoms with E-state index in [1.807, 2.05) is 24.5 Å². The smallest absolute Gasteiger partial charge is 0.200 e. The van der Waals surface area contributed by atoms with Crippen LogP contribution in [0.15, 0.2) is 103 Å². The number of hydrogen-bond acceptors (Lipinski definition) is 4. The van der Waals surface area contributed by atoms with Crippen molar-refractivity contribution in [2.75, 3.05) is 22.9 Å². The first-order valence-corrected chi connectivity index (χ1v) is 11.6.